The molecule has 0 aromatic rings. The van der Waals surface area contributed by atoms with Gasteiger partial charge < -0.3 is 10.4 Å². The number of aliphatic hydroxyl groups excluding tert-OH is 1. The Labute approximate surface area is 67.4 Å². The Morgan fingerprint density at radius 1 is 1.45 bits per heavy atom. The Morgan fingerprint density at radius 2 is 2.36 bits per heavy atom. The number of aliphatic hydroxyl groups is 1. The van der Waals surface area contributed by atoms with Crippen LogP contribution in [0.4, 0.5) is 0 Å². The number of hydrogen-bond acceptors (Lipinski definition) is 3. The molecule has 64 valence electrons. The van der Waals surface area contributed by atoms with Crippen molar-refractivity contribution in [3.63, 3.8) is 0 Å². The molecule has 2 saturated heterocycles. The van der Waals surface area contributed by atoms with Crippen molar-refractivity contribution in [3.05, 3.63) is 0 Å². The van der Waals surface area contributed by atoms with Crippen molar-refractivity contribution < 1.29 is 5.11 Å². The van der Waals surface area contributed by atoms with Gasteiger partial charge in [0, 0.05) is 25.7 Å². The number of β-amino-alcohol motifs (C(OH)–C–C–N with tert-alkyl or cyclic N) is 1. The van der Waals surface area contributed by atoms with Crippen LogP contribution >= 0.6 is 0 Å². The van der Waals surface area contributed by atoms with Gasteiger partial charge in [-0.15, -0.1) is 0 Å². The summed E-state index contributed by atoms with van der Waals surface area (Å²) in [6, 6.07) is 0.724. The fourth-order valence-electron chi connectivity index (χ4n) is 2.26. The Bertz CT molecular complexity index is 128. The molecule has 0 aromatic carbocycles. The fraction of sp³-hybridized carbons (Fsp3) is 1.00. The second-order valence-electron chi connectivity index (χ2n) is 3.59. The topological polar surface area (TPSA) is 35.5 Å². The van der Waals surface area contributed by atoms with E-state index in [9.17, 15) is 0 Å². The van der Waals surface area contributed by atoms with E-state index in [2.05, 4.69) is 10.2 Å². The molecule has 11 heavy (non-hydrogen) atoms. The van der Waals surface area contributed by atoms with Crippen LogP contribution in [0.25, 0.3) is 0 Å². The number of likely N-dealkylation sites (tertiary alicyclic amines) is 1. The van der Waals surface area contributed by atoms with Gasteiger partial charge in [-0.3, -0.25) is 4.90 Å². The van der Waals surface area contributed by atoms with Gasteiger partial charge in [0.25, 0.3) is 0 Å². The van der Waals surface area contributed by atoms with E-state index in [-0.39, 0.29) is 0 Å². The Kier molecular flexibility index (Phi) is 2.11. The van der Waals surface area contributed by atoms with E-state index in [1.807, 2.05) is 0 Å². The maximum atomic E-state index is 8.73. The molecule has 2 unspecified atom stereocenters. The first kappa shape index (κ1) is 7.53. The predicted molar refractivity (Wildman–Crippen MR) is 43.4 cm³/mol. The van der Waals surface area contributed by atoms with E-state index in [4.69, 9.17) is 5.11 Å². The van der Waals surface area contributed by atoms with E-state index in [0.717, 1.165) is 25.0 Å². The van der Waals surface area contributed by atoms with Crippen LogP contribution in [-0.4, -0.2) is 48.8 Å². The largest absolute Gasteiger partial charge is 0.395 e. The zero-order valence-electron chi connectivity index (χ0n) is 6.79. The second kappa shape index (κ2) is 3.09. The Balaban J connectivity index is 1.84. The maximum absolute atomic E-state index is 8.73. The second-order valence-corrected chi connectivity index (χ2v) is 3.59. The van der Waals surface area contributed by atoms with E-state index in [1.165, 1.54) is 19.5 Å². The molecule has 2 atom stereocenters. The lowest BCUT2D eigenvalue weighted by molar-refractivity contribution is 0.214. The third-order valence-electron chi connectivity index (χ3n) is 2.85. The molecule has 2 fully saturated rings. The summed E-state index contributed by atoms with van der Waals surface area (Å²) in [6.07, 6.45) is 1.33. The molecule has 0 aromatic heterocycles. The monoisotopic (exact) mass is 156 g/mol. The molecule has 0 bridgehead atoms. The SMILES string of the molecule is OCCN1CC2CCNC2C1. The highest BCUT2D eigenvalue weighted by Crippen LogP contribution is 2.23. The molecule has 0 saturated carbocycles. The van der Waals surface area contributed by atoms with Crippen molar-refractivity contribution in [1.29, 1.82) is 0 Å². The molecule has 2 rings (SSSR count). The van der Waals surface area contributed by atoms with Crippen LogP contribution < -0.4 is 5.32 Å². The van der Waals surface area contributed by atoms with Gasteiger partial charge in [-0.25, -0.2) is 0 Å². The first-order valence-corrected chi connectivity index (χ1v) is 4.47. The molecule has 0 radical (unpaired) electrons. The number of nitrogens with one attached hydrogen (secondary N) is 1. The molecular weight excluding hydrogens is 140 g/mol. The summed E-state index contributed by atoms with van der Waals surface area (Å²) in [6.45, 7) is 4.69. The van der Waals surface area contributed by atoms with Crippen LogP contribution in [0.2, 0.25) is 0 Å². The highest BCUT2D eigenvalue weighted by molar-refractivity contribution is 4.93. The minimum absolute atomic E-state index is 0.305. The smallest absolute Gasteiger partial charge is 0.0558 e. The van der Waals surface area contributed by atoms with E-state index in [0.29, 0.717) is 6.61 Å². The third kappa shape index (κ3) is 1.41. The fourth-order valence-corrected chi connectivity index (χ4v) is 2.26. The third-order valence-corrected chi connectivity index (χ3v) is 2.85. The minimum Gasteiger partial charge on any atom is -0.395 e. The van der Waals surface area contributed by atoms with Gasteiger partial charge in [-0.1, -0.05) is 0 Å². The first-order valence-electron chi connectivity index (χ1n) is 4.47. The van der Waals surface area contributed by atoms with Crippen molar-refractivity contribution in [3.8, 4) is 0 Å². The van der Waals surface area contributed by atoms with E-state index in [1.54, 1.807) is 0 Å². The molecule has 2 aliphatic rings. The Hall–Kier alpha value is -0.120. The van der Waals surface area contributed by atoms with Crippen molar-refractivity contribution in [1.82, 2.24) is 10.2 Å². The van der Waals surface area contributed by atoms with Gasteiger partial charge in [-0.2, -0.15) is 0 Å². The molecule has 0 amide bonds. The van der Waals surface area contributed by atoms with Crippen LogP contribution in [0.15, 0.2) is 0 Å². The molecule has 0 aliphatic carbocycles. The van der Waals surface area contributed by atoms with Gasteiger partial charge >= 0.3 is 0 Å². The number of fused-ring (bicyclic) bond motifs is 1. The Morgan fingerprint density at radius 3 is 3.09 bits per heavy atom. The highest BCUT2D eigenvalue weighted by Gasteiger charge is 2.35. The maximum Gasteiger partial charge on any atom is 0.0558 e. The summed E-state index contributed by atoms with van der Waals surface area (Å²) in [7, 11) is 0. The highest BCUT2D eigenvalue weighted by atomic mass is 16.3. The number of hydrogen-bond donors (Lipinski definition) is 2. The van der Waals surface area contributed by atoms with Gasteiger partial charge in [0.2, 0.25) is 0 Å². The summed E-state index contributed by atoms with van der Waals surface area (Å²) >= 11 is 0. The summed E-state index contributed by atoms with van der Waals surface area (Å²) < 4.78 is 0. The standard InChI is InChI=1S/C8H16N2O/c11-4-3-10-5-7-1-2-9-8(7)6-10/h7-9,11H,1-6H2. The van der Waals surface area contributed by atoms with Gasteiger partial charge in [0.05, 0.1) is 6.61 Å². The normalized spacial score (nSPS) is 37.9. The lowest BCUT2D eigenvalue weighted by Gasteiger charge is -2.14. The zero-order valence-corrected chi connectivity index (χ0v) is 6.79. The van der Waals surface area contributed by atoms with Crippen molar-refractivity contribution in [2.24, 2.45) is 5.92 Å². The van der Waals surface area contributed by atoms with Crippen molar-refractivity contribution in [2.75, 3.05) is 32.8 Å². The molecule has 3 heteroatoms. The first-order chi connectivity index (χ1) is 5.40. The van der Waals surface area contributed by atoms with E-state index < -0.39 is 0 Å². The lowest BCUT2D eigenvalue weighted by Crippen LogP contribution is -2.31. The minimum atomic E-state index is 0.305. The van der Waals surface area contributed by atoms with E-state index >= 15 is 0 Å². The summed E-state index contributed by atoms with van der Waals surface area (Å²) in [4.78, 5) is 2.35. The van der Waals surface area contributed by atoms with Gasteiger partial charge in [-0.05, 0) is 18.9 Å². The van der Waals surface area contributed by atoms with Crippen LogP contribution in [-0.2, 0) is 0 Å². The van der Waals surface area contributed by atoms with Gasteiger partial charge in [0.15, 0.2) is 0 Å². The quantitative estimate of drug-likeness (QED) is 0.553. The molecular formula is C8H16N2O. The van der Waals surface area contributed by atoms with Gasteiger partial charge in [0.1, 0.15) is 0 Å². The predicted octanol–water partition coefficient (Wildman–Crippen LogP) is -0.728. The van der Waals surface area contributed by atoms with Crippen LogP contribution in [0.1, 0.15) is 6.42 Å². The molecule has 2 heterocycles. The molecule has 2 aliphatic heterocycles. The summed E-state index contributed by atoms with van der Waals surface area (Å²) in [5.74, 6) is 0.863. The average Bonchev–Trinajstić information content (AvgIpc) is 2.46. The number of rotatable bonds is 2. The van der Waals surface area contributed by atoms with Crippen LogP contribution in [0.5, 0.6) is 0 Å². The van der Waals surface area contributed by atoms with Crippen LogP contribution in [0.3, 0.4) is 0 Å². The molecule has 2 N–H and O–H groups in total. The summed E-state index contributed by atoms with van der Waals surface area (Å²) in [5, 5.41) is 12.2. The van der Waals surface area contributed by atoms with Crippen LogP contribution in [0, 0.1) is 5.92 Å². The summed E-state index contributed by atoms with van der Waals surface area (Å²) in [5.41, 5.74) is 0. The number of nitrogens with zero attached hydrogens (tertiary/aromatic N) is 1. The van der Waals surface area contributed by atoms with Crippen molar-refractivity contribution >= 4 is 0 Å². The zero-order chi connectivity index (χ0) is 7.68. The lowest BCUT2D eigenvalue weighted by atomic mass is 10.1. The average molecular weight is 156 g/mol. The molecule has 0 spiro atoms. The van der Waals surface area contributed by atoms with Crippen molar-refractivity contribution in [2.45, 2.75) is 12.5 Å². The molecule has 3 nitrogen and oxygen atoms in total.